The van der Waals surface area contributed by atoms with E-state index < -0.39 is 12.1 Å². The molecule has 0 saturated carbocycles. The molecular weight excluding hydrogens is 271 g/mol. The zero-order chi connectivity index (χ0) is 15.0. The summed E-state index contributed by atoms with van der Waals surface area (Å²) in [5, 5.41) is 4.98. The first kappa shape index (κ1) is 16.5. The molecule has 4 N–H and O–H groups in total. The van der Waals surface area contributed by atoms with Crippen molar-refractivity contribution in [1.82, 2.24) is 5.32 Å². The molecule has 0 spiro atoms. The van der Waals surface area contributed by atoms with Crippen molar-refractivity contribution in [3.05, 3.63) is 29.8 Å². The van der Waals surface area contributed by atoms with Gasteiger partial charge in [0.25, 0.3) is 0 Å². The molecule has 0 unspecified atom stereocenters. The van der Waals surface area contributed by atoms with E-state index in [1.54, 1.807) is 12.1 Å². The predicted octanol–water partition coefficient (Wildman–Crippen LogP) is 2.02. The Morgan fingerprint density at radius 1 is 1.25 bits per heavy atom. The van der Waals surface area contributed by atoms with Gasteiger partial charge in [-0.25, -0.2) is 0 Å². The number of carbonyl (C=O) groups excluding carboxylic acids is 1. The first-order valence-electron chi connectivity index (χ1n) is 6.31. The van der Waals surface area contributed by atoms with Crippen LogP contribution in [-0.4, -0.2) is 25.2 Å². The fourth-order valence-electron chi connectivity index (χ4n) is 1.59. The monoisotopic (exact) mass is 289 g/mol. The molecule has 0 bridgehead atoms. The lowest BCUT2D eigenvalue weighted by atomic mass is 10.2. The summed E-state index contributed by atoms with van der Waals surface area (Å²) in [5.74, 6) is -1.97. The lowest BCUT2D eigenvalue weighted by Crippen LogP contribution is -2.29. The van der Waals surface area contributed by atoms with Crippen molar-refractivity contribution in [2.75, 3.05) is 18.4 Å². The number of halogens is 3. The number of hydrogen-bond acceptors (Lipinski definition) is 3. The number of nitrogens with two attached hydrogens (primary N) is 1. The van der Waals surface area contributed by atoms with Gasteiger partial charge in [-0.05, 0) is 43.6 Å². The van der Waals surface area contributed by atoms with Crippen LogP contribution < -0.4 is 16.4 Å². The molecule has 0 saturated heterocycles. The van der Waals surface area contributed by atoms with Crippen LogP contribution >= 0.6 is 0 Å². The molecule has 0 radical (unpaired) electrons. The van der Waals surface area contributed by atoms with Crippen LogP contribution in [0, 0.1) is 0 Å². The van der Waals surface area contributed by atoms with Crippen molar-refractivity contribution in [2.24, 2.45) is 5.73 Å². The van der Waals surface area contributed by atoms with Crippen molar-refractivity contribution in [3.8, 4) is 0 Å². The minimum atomic E-state index is -4.88. The number of nitrogens with one attached hydrogen (secondary N) is 2. The normalized spacial score (nSPS) is 11.4. The van der Waals surface area contributed by atoms with Crippen LogP contribution in [0.5, 0.6) is 0 Å². The summed E-state index contributed by atoms with van der Waals surface area (Å²) in [6.45, 7) is 1.96. The van der Waals surface area contributed by atoms with Crippen molar-refractivity contribution >= 4 is 11.6 Å². The van der Waals surface area contributed by atoms with Gasteiger partial charge in [0, 0.05) is 12.2 Å². The van der Waals surface area contributed by atoms with E-state index in [1.807, 2.05) is 5.32 Å². The molecule has 112 valence electrons. The van der Waals surface area contributed by atoms with E-state index in [1.165, 1.54) is 12.1 Å². The lowest BCUT2D eigenvalue weighted by Gasteiger charge is -2.10. The number of amides is 1. The molecule has 1 aromatic carbocycles. The third-order valence-electron chi connectivity index (χ3n) is 2.58. The minimum absolute atomic E-state index is 0.133. The van der Waals surface area contributed by atoms with Gasteiger partial charge < -0.3 is 16.4 Å². The maximum Gasteiger partial charge on any atom is 0.471 e. The molecule has 1 amide bonds. The molecule has 0 aliphatic carbocycles. The molecule has 0 fully saturated rings. The highest BCUT2D eigenvalue weighted by Gasteiger charge is 2.38. The third-order valence-corrected chi connectivity index (χ3v) is 2.58. The second-order valence-corrected chi connectivity index (χ2v) is 4.32. The van der Waals surface area contributed by atoms with E-state index in [4.69, 9.17) is 5.73 Å². The van der Waals surface area contributed by atoms with Crippen LogP contribution in [0.15, 0.2) is 24.3 Å². The summed E-state index contributed by atoms with van der Waals surface area (Å²) in [5.41, 5.74) is 6.30. The van der Waals surface area contributed by atoms with Gasteiger partial charge in [0.05, 0.1) is 0 Å². The largest absolute Gasteiger partial charge is 0.471 e. The Morgan fingerprint density at radius 3 is 2.65 bits per heavy atom. The highest BCUT2D eigenvalue weighted by atomic mass is 19.4. The Balaban J connectivity index is 2.47. The van der Waals surface area contributed by atoms with Gasteiger partial charge in [0.2, 0.25) is 0 Å². The van der Waals surface area contributed by atoms with E-state index in [-0.39, 0.29) is 5.69 Å². The lowest BCUT2D eigenvalue weighted by molar-refractivity contribution is -0.167. The topological polar surface area (TPSA) is 67.2 Å². The summed E-state index contributed by atoms with van der Waals surface area (Å²) in [6.07, 6.45) is -3.01. The second kappa shape index (κ2) is 7.86. The molecule has 1 aromatic rings. The van der Waals surface area contributed by atoms with Gasteiger partial charge in [-0.15, -0.1) is 0 Å². The molecule has 20 heavy (non-hydrogen) atoms. The van der Waals surface area contributed by atoms with Crippen LogP contribution in [0.25, 0.3) is 0 Å². The highest BCUT2D eigenvalue weighted by Crippen LogP contribution is 2.18. The molecular formula is C13H18F3N3O. The van der Waals surface area contributed by atoms with E-state index >= 15 is 0 Å². The molecule has 0 aromatic heterocycles. The van der Waals surface area contributed by atoms with Gasteiger partial charge in [0.1, 0.15) is 0 Å². The average molecular weight is 289 g/mol. The fraction of sp³-hybridized carbons (Fsp3) is 0.462. The number of carbonyl (C=O) groups is 1. The minimum Gasteiger partial charge on any atom is -0.330 e. The zero-order valence-electron chi connectivity index (χ0n) is 11.0. The number of benzene rings is 1. The summed E-state index contributed by atoms with van der Waals surface area (Å²) in [4.78, 5) is 10.8. The van der Waals surface area contributed by atoms with Gasteiger partial charge in [-0.2, -0.15) is 13.2 Å². The Labute approximate surface area is 115 Å². The first-order chi connectivity index (χ1) is 9.43. The zero-order valence-corrected chi connectivity index (χ0v) is 11.0. The quantitative estimate of drug-likeness (QED) is 0.673. The average Bonchev–Trinajstić information content (AvgIpc) is 2.38. The number of unbranched alkanes of at least 4 members (excludes halogenated alkanes) is 1. The number of anilines is 1. The molecule has 0 aliphatic heterocycles. The van der Waals surface area contributed by atoms with Crippen molar-refractivity contribution in [2.45, 2.75) is 25.6 Å². The fourth-order valence-corrected chi connectivity index (χ4v) is 1.59. The van der Waals surface area contributed by atoms with Gasteiger partial charge in [-0.3, -0.25) is 4.79 Å². The Hall–Kier alpha value is -1.60. The molecule has 0 aliphatic rings. The Kier molecular flexibility index (Phi) is 6.47. The second-order valence-electron chi connectivity index (χ2n) is 4.32. The number of rotatable bonds is 7. The van der Waals surface area contributed by atoms with Crippen LogP contribution in [0.3, 0.4) is 0 Å². The Morgan fingerprint density at radius 2 is 2.00 bits per heavy atom. The van der Waals surface area contributed by atoms with Gasteiger partial charge >= 0.3 is 12.1 Å². The predicted molar refractivity (Wildman–Crippen MR) is 71.1 cm³/mol. The van der Waals surface area contributed by atoms with Crippen molar-refractivity contribution < 1.29 is 18.0 Å². The first-order valence-corrected chi connectivity index (χ1v) is 6.31. The van der Waals surface area contributed by atoms with Crippen LogP contribution in [0.2, 0.25) is 0 Å². The summed E-state index contributed by atoms with van der Waals surface area (Å²) < 4.78 is 36.4. The van der Waals surface area contributed by atoms with Crippen LogP contribution in [-0.2, 0) is 11.3 Å². The molecule has 4 nitrogen and oxygen atoms in total. The van der Waals surface area contributed by atoms with Crippen LogP contribution in [0.4, 0.5) is 18.9 Å². The smallest absolute Gasteiger partial charge is 0.330 e. The van der Waals surface area contributed by atoms with E-state index in [9.17, 15) is 18.0 Å². The van der Waals surface area contributed by atoms with Crippen LogP contribution in [0.1, 0.15) is 18.4 Å². The Bertz CT molecular complexity index is 435. The van der Waals surface area contributed by atoms with E-state index in [0.717, 1.165) is 24.9 Å². The summed E-state index contributed by atoms with van der Waals surface area (Å²) in [6, 6.07) is 6.31. The number of alkyl halides is 3. The van der Waals surface area contributed by atoms with Gasteiger partial charge in [0.15, 0.2) is 0 Å². The van der Waals surface area contributed by atoms with Crippen molar-refractivity contribution in [3.63, 3.8) is 0 Å². The molecule has 7 heteroatoms. The van der Waals surface area contributed by atoms with E-state index in [2.05, 4.69) is 5.32 Å². The third kappa shape index (κ3) is 6.03. The summed E-state index contributed by atoms with van der Waals surface area (Å²) in [7, 11) is 0. The SMILES string of the molecule is NCCCCNCc1cccc(NC(=O)C(F)(F)F)c1. The highest BCUT2D eigenvalue weighted by molar-refractivity contribution is 5.94. The molecule has 0 atom stereocenters. The number of hydrogen-bond donors (Lipinski definition) is 3. The maximum absolute atomic E-state index is 12.1. The standard InChI is InChI=1S/C13H18F3N3O/c14-13(15,16)12(20)19-11-5-3-4-10(8-11)9-18-7-2-1-6-17/h3-5,8,18H,1-2,6-7,9,17H2,(H,19,20). The van der Waals surface area contributed by atoms with Crippen molar-refractivity contribution in [1.29, 1.82) is 0 Å². The van der Waals surface area contributed by atoms with Gasteiger partial charge in [-0.1, -0.05) is 12.1 Å². The summed E-state index contributed by atoms with van der Waals surface area (Å²) >= 11 is 0. The molecule has 0 heterocycles. The molecule has 1 rings (SSSR count). The van der Waals surface area contributed by atoms with E-state index in [0.29, 0.717) is 13.1 Å². The maximum atomic E-state index is 12.1.